The van der Waals surface area contributed by atoms with Gasteiger partial charge in [0.1, 0.15) is 5.75 Å². The molecule has 0 saturated carbocycles. The smallest absolute Gasteiger partial charge is 0.255 e. The molecule has 7 nitrogen and oxygen atoms in total. The lowest BCUT2D eigenvalue weighted by molar-refractivity contribution is -0.130. The molecule has 0 fully saturated rings. The van der Waals surface area contributed by atoms with Crippen LogP contribution in [0, 0.1) is 0 Å². The van der Waals surface area contributed by atoms with Crippen LogP contribution in [-0.4, -0.2) is 35.4 Å². The second-order valence-electron chi connectivity index (χ2n) is 6.82. The summed E-state index contributed by atoms with van der Waals surface area (Å²) in [5.41, 5.74) is 2.30. The minimum absolute atomic E-state index is 0.0512. The first-order chi connectivity index (χ1) is 14.5. The molecule has 9 heteroatoms. The van der Waals surface area contributed by atoms with E-state index in [0.29, 0.717) is 17.3 Å². The third kappa shape index (κ3) is 3.35. The number of amides is 2. The Morgan fingerprint density at radius 1 is 1.30 bits per heavy atom. The maximum absolute atomic E-state index is 13.1. The molecule has 0 saturated heterocycles. The number of hydrazone groups is 1. The lowest BCUT2D eigenvalue weighted by atomic mass is 9.95. The number of amidine groups is 1. The van der Waals surface area contributed by atoms with E-state index in [0.717, 1.165) is 21.3 Å². The monoisotopic (exact) mass is 488 g/mol. The van der Waals surface area contributed by atoms with E-state index in [9.17, 15) is 9.59 Å². The molecule has 2 aromatic carbocycles. The first kappa shape index (κ1) is 20.7. The van der Waals surface area contributed by atoms with Crippen LogP contribution in [-0.2, 0) is 9.59 Å². The summed E-state index contributed by atoms with van der Waals surface area (Å²) in [6.45, 7) is 1.83. The van der Waals surface area contributed by atoms with Gasteiger partial charge in [-0.05, 0) is 45.9 Å². The minimum Gasteiger partial charge on any atom is -0.496 e. The van der Waals surface area contributed by atoms with Crippen molar-refractivity contribution in [3.05, 3.63) is 58.1 Å². The lowest BCUT2D eigenvalue weighted by Crippen LogP contribution is -2.55. The third-order valence-electron chi connectivity index (χ3n) is 5.17. The average molecular weight is 489 g/mol. The number of hydrogen-bond acceptors (Lipinski definition) is 6. The Labute approximate surface area is 187 Å². The molecule has 0 bridgehead atoms. The van der Waals surface area contributed by atoms with Gasteiger partial charge in [0, 0.05) is 12.0 Å². The van der Waals surface area contributed by atoms with Gasteiger partial charge in [-0.2, -0.15) is 0 Å². The number of anilines is 1. The first-order valence-electron chi connectivity index (χ1n) is 9.46. The predicted octanol–water partition coefficient (Wildman–Crippen LogP) is 4.02. The third-order valence-corrected chi connectivity index (χ3v) is 6.36. The van der Waals surface area contributed by atoms with Crippen molar-refractivity contribution in [2.75, 3.05) is 18.3 Å². The van der Waals surface area contributed by atoms with Crippen LogP contribution in [0.3, 0.4) is 0 Å². The molecule has 0 radical (unpaired) electrons. The standard InChI is InChI=1S/C21H21BrN4O3S/c1-4-17(27)25-15-8-6-5-7-13(15)18-19(28)23-21(30-3)24-26(18)20(25)12-9-10-16(29-2)14(22)11-12/h5-11,18,20H,4H2,1-3H3,(H,23,24,28)/t18-,20+/m0/s1. The second-order valence-corrected chi connectivity index (χ2v) is 8.47. The van der Waals surface area contributed by atoms with Crippen LogP contribution in [0.1, 0.15) is 36.7 Å². The fourth-order valence-corrected chi connectivity index (χ4v) is 4.76. The Morgan fingerprint density at radius 3 is 2.73 bits per heavy atom. The molecule has 0 aliphatic carbocycles. The lowest BCUT2D eigenvalue weighted by Gasteiger charge is -2.48. The molecule has 2 amide bonds. The fourth-order valence-electron chi connectivity index (χ4n) is 3.83. The van der Waals surface area contributed by atoms with Gasteiger partial charge < -0.3 is 10.1 Å². The number of carbonyl (C=O) groups is 2. The summed E-state index contributed by atoms with van der Waals surface area (Å²) in [6.07, 6.45) is 1.60. The molecule has 1 N–H and O–H groups in total. The largest absolute Gasteiger partial charge is 0.496 e. The summed E-state index contributed by atoms with van der Waals surface area (Å²) < 4.78 is 6.12. The average Bonchev–Trinajstić information content (AvgIpc) is 2.77. The zero-order valence-electron chi connectivity index (χ0n) is 16.8. The molecule has 2 heterocycles. The maximum atomic E-state index is 13.1. The Bertz CT molecular complexity index is 1040. The van der Waals surface area contributed by atoms with Crippen LogP contribution in [0.25, 0.3) is 0 Å². The van der Waals surface area contributed by atoms with Gasteiger partial charge >= 0.3 is 0 Å². The predicted molar refractivity (Wildman–Crippen MR) is 121 cm³/mol. The number of halogens is 1. The van der Waals surface area contributed by atoms with Crippen molar-refractivity contribution in [1.82, 2.24) is 10.3 Å². The van der Waals surface area contributed by atoms with Gasteiger partial charge in [0.15, 0.2) is 17.4 Å². The number of nitrogens with one attached hydrogen (secondary N) is 1. The van der Waals surface area contributed by atoms with Crippen LogP contribution in [0.4, 0.5) is 5.69 Å². The zero-order chi connectivity index (χ0) is 21.4. The molecular formula is C21H21BrN4O3S. The fraction of sp³-hybridized carbons (Fsp3) is 0.286. The summed E-state index contributed by atoms with van der Waals surface area (Å²) in [6, 6.07) is 12.5. The molecule has 2 aliphatic rings. The summed E-state index contributed by atoms with van der Waals surface area (Å²) in [7, 11) is 1.60. The molecule has 0 aromatic heterocycles. The van der Waals surface area contributed by atoms with Crippen LogP contribution in [0.15, 0.2) is 52.0 Å². The molecular weight excluding hydrogens is 468 g/mol. The zero-order valence-corrected chi connectivity index (χ0v) is 19.2. The van der Waals surface area contributed by atoms with Crippen LogP contribution in [0.2, 0.25) is 0 Å². The summed E-state index contributed by atoms with van der Waals surface area (Å²) in [5, 5.41) is 9.80. The highest BCUT2D eigenvalue weighted by molar-refractivity contribution is 9.10. The van der Waals surface area contributed by atoms with E-state index in [2.05, 4.69) is 21.2 Å². The van der Waals surface area contributed by atoms with Crippen molar-refractivity contribution in [3.63, 3.8) is 0 Å². The highest BCUT2D eigenvalue weighted by atomic mass is 79.9. The van der Waals surface area contributed by atoms with E-state index in [4.69, 9.17) is 9.84 Å². The van der Waals surface area contributed by atoms with Gasteiger partial charge in [0.25, 0.3) is 5.91 Å². The van der Waals surface area contributed by atoms with Crippen molar-refractivity contribution < 1.29 is 14.3 Å². The van der Waals surface area contributed by atoms with E-state index in [1.54, 1.807) is 17.0 Å². The van der Waals surface area contributed by atoms with E-state index in [-0.39, 0.29) is 11.8 Å². The van der Waals surface area contributed by atoms with E-state index < -0.39 is 12.2 Å². The van der Waals surface area contributed by atoms with Gasteiger partial charge in [-0.15, -0.1) is 5.10 Å². The molecule has 2 atom stereocenters. The number of fused-ring (bicyclic) bond motifs is 3. The van der Waals surface area contributed by atoms with Crippen LogP contribution >= 0.6 is 27.7 Å². The van der Waals surface area contributed by atoms with E-state index >= 15 is 0 Å². The Hall–Kier alpha value is -2.52. The van der Waals surface area contributed by atoms with Gasteiger partial charge in [0.05, 0.1) is 17.3 Å². The number of thioether (sulfide) groups is 1. The minimum atomic E-state index is -0.635. The topological polar surface area (TPSA) is 74.2 Å². The molecule has 156 valence electrons. The summed E-state index contributed by atoms with van der Waals surface area (Å²) in [4.78, 5) is 27.9. The quantitative estimate of drug-likeness (QED) is 0.705. The number of ether oxygens (including phenoxy) is 1. The number of hydrogen-bond donors (Lipinski definition) is 1. The van der Waals surface area contributed by atoms with Crippen molar-refractivity contribution >= 4 is 50.4 Å². The number of carbonyl (C=O) groups excluding carboxylic acids is 2. The van der Waals surface area contributed by atoms with Crippen molar-refractivity contribution in [2.45, 2.75) is 25.6 Å². The molecule has 0 spiro atoms. The summed E-state index contributed by atoms with van der Waals surface area (Å²) >= 11 is 4.89. The Balaban J connectivity index is 1.97. The van der Waals surface area contributed by atoms with Gasteiger partial charge in [0.2, 0.25) is 5.91 Å². The van der Waals surface area contributed by atoms with Gasteiger partial charge in [-0.25, -0.2) is 0 Å². The number of rotatable bonds is 3. The first-order valence-corrected chi connectivity index (χ1v) is 11.5. The van der Waals surface area contributed by atoms with Crippen molar-refractivity contribution in [2.24, 2.45) is 5.10 Å². The molecule has 0 unspecified atom stereocenters. The van der Waals surface area contributed by atoms with Crippen molar-refractivity contribution in [1.29, 1.82) is 0 Å². The molecule has 4 rings (SSSR count). The number of benzene rings is 2. The van der Waals surface area contributed by atoms with Crippen LogP contribution < -0.4 is 15.0 Å². The Morgan fingerprint density at radius 2 is 2.07 bits per heavy atom. The maximum Gasteiger partial charge on any atom is 0.255 e. The normalized spacial score (nSPS) is 20.1. The highest BCUT2D eigenvalue weighted by Crippen LogP contribution is 2.47. The second kappa shape index (κ2) is 8.31. The number of nitrogens with zero attached hydrogens (tertiary/aromatic N) is 3. The number of para-hydroxylation sites is 1. The highest BCUT2D eigenvalue weighted by Gasteiger charge is 2.47. The Kier molecular flexibility index (Phi) is 5.75. The molecule has 30 heavy (non-hydrogen) atoms. The van der Waals surface area contributed by atoms with E-state index in [1.165, 1.54) is 11.8 Å². The SMILES string of the molecule is CCC(=O)N1c2ccccc2[C@H]2C(=O)NC(SC)=NN2[C@@H]1c1ccc(OC)c(Br)c1. The summed E-state index contributed by atoms with van der Waals surface area (Å²) in [5.74, 6) is 0.470. The molecule has 2 aliphatic heterocycles. The van der Waals surface area contributed by atoms with E-state index in [1.807, 2.05) is 55.6 Å². The van der Waals surface area contributed by atoms with Gasteiger partial charge in [-0.1, -0.05) is 43.0 Å². The van der Waals surface area contributed by atoms with Gasteiger partial charge in [-0.3, -0.25) is 19.5 Å². The van der Waals surface area contributed by atoms with Crippen LogP contribution in [0.5, 0.6) is 5.75 Å². The van der Waals surface area contributed by atoms with Crippen molar-refractivity contribution in [3.8, 4) is 5.75 Å². The molecule has 2 aromatic rings. The number of methoxy groups -OCH3 is 1.